The molecule has 1 unspecified atom stereocenters. The number of rotatable bonds is 8. The molecule has 0 bridgehead atoms. The number of imidazole rings is 1. The van der Waals surface area contributed by atoms with E-state index in [1.54, 1.807) is 28.9 Å². The molecule has 162 valence electrons. The van der Waals surface area contributed by atoms with E-state index in [-0.39, 0.29) is 24.4 Å². The maximum atomic E-state index is 12.9. The highest BCUT2D eigenvalue weighted by Crippen LogP contribution is 2.23. The van der Waals surface area contributed by atoms with Gasteiger partial charge in [-0.05, 0) is 51.0 Å². The van der Waals surface area contributed by atoms with Crippen LogP contribution in [0.25, 0.3) is 11.0 Å². The van der Waals surface area contributed by atoms with Crippen molar-refractivity contribution in [1.29, 1.82) is 0 Å². The number of aromatic nitrogens is 4. The van der Waals surface area contributed by atoms with Gasteiger partial charge in [-0.1, -0.05) is 6.92 Å². The summed E-state index contributed by atoms with van der Waals surface area (Å²) in [6.45, 7) is 6.97. The zero-order valence-electron chi connectivity index (χ0n) is 17.4. The third kappa shape index (κ3) is 4.80. The van der Waals surface area contributed by atoms with E-state index in [0.717, 1.165) is 24.1 Å². The monoisotopic (exact) mass is 433 g/mol. The SMILES string of the molecule is CCC(N)CCn1c(NC(=O)c2cc(C)nn2CC)nc2cc(C(N)=O)ccc21.Cl. The number of halogens is 1. The highest BCUT2D eigenvalue weighted by atomic mass is 35.5. The third-order valence-electron chi connectivity index (χ3n) is 4.94. The molecule has 0 saturated carbocycles. The Balaban J connectivity index is 0.00000320. The fraction of sp³-hybridized carbons (Fsp3) is 0.400. The number of hydrogen-bond donors (Lipinski definition) is 3. The van der Waals surface area contributed by atoms with Crippen molar-refractivity contribution in [2.45, 2.75) is 52.7 Å². The van der Waals surface area contributed by atoms with E-state index < -0.39 is 5.91 Å². The summed E-state index contributed by atoms with van der Waals surface area (Å²) in [5.41, 5.74) is 14.5. The number of nitrogens with one attached hydrogen (secondary N) is 1. The van der Waals surface area contributed by atoms with Gasteiger partial charge in [0.1, 0.15) is 5.69 Å². The molecule has 1 atom stereocenters. The Labute approximate surface area is 181 Å². The maximum Gasteiger partial charge on any atom is 0.276 e. The topological polar surface area (TPSA) is 134 Å². The lowest BCUT2D eigenvalue weighted by molar-refractivity contribution is 0.0996. The molecule has 3 rings (SSSR count). The maximum absolute atomic E-state index is 12.9. The Morgan fingerprint density at radius 3 is 2.60 bits per heavy atom. The number of nitrogens with two attached hydrogens (primary N) is 2. The number of hydrogen-bond acceptors (Lipinski definition) is 5. The van der Waals surface area contributed by atoms with E-state index in [0.29, 0.717) is 35.8 Å². The minimum Gasteiger partial charge on any atom is -0.366 e. The molecular weight excluding hydrogens is 406 g/mol. The van der Waals surface area contributed by atoms with Gasteiger partial charge in [-0.15, -0.1) is 12.4 Å². The van der Waals surface area contributed by atoms with Gasteiger partial charge in [0, 0.05) is 24.7 Å². The van der Waals surface area contributed by atoms with Crippen LogP contribution in [-0.2, 0) is 13.1 Å². The minimum atomic E-state index is -0.526. The van der Waals surface area contributed by atoms with Crippen LogP contribution in [0.4, 0.5) is 5.95 Å². The van der Waals surface area contributed by atoms with Crippen molar-refractivity contribution >= 4 is 41.2 Å². The van der Waals surface area contributed by atoms with Gasteiger partial charge < -0.3 is 16.0 Å². The molecule has 2 amide bonds. The lowest BCUT2D eigenvalue weighted by Crippen LogP contribution is -2.23. The van der Waals surface area contributed by atoms with Crippen LogP contribution in [0.3, 0.4) is 0 Å². The van der Waals surface area contributed by atoms with E-state index in [4.69, 9.17) is 11.5 Å². The summed E-state index contributed by atoms with van der Waals surface area (Å²) in [5.74, 6) is -0.419. The highest BCUT2D eigenvalue weighted by molar-refractivity contribution is 6.03. The molecule has 0 aliphatic carbocycles. The predicted octanol–water partition coefficient (Wildman–Crippen LogP) is 2.46. The number of nitrogens with zero attached hydrogens (tertiary/aromatic N) is 4. The van der Waals surface area contributed by atoms with Crippen LogP contribution in [0.1, 0.15) is 53.2 Å². The van der Waals surface area contributed by atoms with E-state index in [9.17, 15) is 9.59 Å². The van der Waals surface area contributed by atoms with Crippen molar-refractivity contribution in [1.82, 2.24) is 19.3 Å². The first-order chi connectivity index (χ1) is 13.8. The molecule has 3 aromatic rings. The molecule has 2 heterocycles. The molecule has 30 heavy (non-hydrogen) atoms. The van der Waals surface area contributed by atoms with Crippen LogP contribution in [0.2, 0.25) is 0 Å². The standard InChI is InChI=1S/C20H27N7O2.ClH/c1-4-14(21)8-9-26-16-7-6-13(18(22)28)11-15(16)23-20(26)24-19(29)17-10-12(3)25-27(17)5-2;/h6-7,10-11,14H,4-5,8-9,21H2,1-3H3,(H2,22,28)(H,23,24,29);1H. The lowest BCUT2D eigenvalue weighted by Gasteiger charge is -2.13. The Hall–Kier alpha value is -2.91. The average molecular weight is 434 g/mol. The zero-order chi connectivity index (χ0) is 21.1. The molecular formula is C20H28ClN7O2. The minimum absolute atomic E-state index is 0. The number of amides is 2. The summed E-state index contributed by atoms with van der Waals surface area (Å²) in [5, 5.41) is 7.21. The molecule has 0 aliphatic rings. The molecule has 0 radical (unpaired) electrons. The van der Waals surface area contributed by atoms with Crippen molar-refractivity contribution in [3.63, 3.8) is 0 Å². The van der Waals surface area contributed by atoms with Crippen LogP contribution in [-0.4, -0.2) is 37.2 Å². The van der Waals surface area contributed by atoms with Crippen molar-refractivity contribution in [3.8, 4) is 0 Å². The second-order valence-corrected chi connectivity index (χ2v) is 7.05. The molecule has 0 fully saturated rings. The quantitative estimate of drug-likeness (QED) is 0.501. The van der Waals surface area contributed by atoms with Crippen molar-refractivity contribution in [2.75, 3.05) is 5.32 Å². The average Bonchev–Trinajstić information content (AvgIpc) is 3.24. The van der Waals surface area contributed by atoms with Gasteiger partial charge in [-0.25, -0.2) is 4.98 Å². The number of carbonyl (C=O) groups is 2. The lowest BCUT2D eigenvalue weighted by atomic mass is 10.1. The molecule has 2 aromatic heterocycles. The summed E-state index contributed by atoms with van der Waals surface area (Å²) in [6.07, 6.45) is 1.59. The van der Waals surface area contributed by atoms with Gasteiger partial charge in [0.15, 0.2) is 0 Å². The Morgan fingerprint density at radius 2 is 1.97 bits per heavy atom. The first kappa shape index (κ1) is 23.4. The third-order valence-corrected chi connectivity index (χ3v) is 4.94. The predicted molar refractivity (Wildman–Crippen MR) is 119 cm³/mol. The summed E-state index contributed by atoms with van der Waals surface area (Å²) < 4.78 is 3.56. The summed E-state index contributed by atoms with van der Waals surface area (Å²) in [4.78, 5) is 28.9. The van der Waals surface area contributed by atoms with E-state index >= 15 is 0 Å². The van der Waals surface area contributed by atoms with Gasteiger partial charge in [-0.3, -0.25) is 19.6 Å². The van der Waals surface area contributed by atoms with Gasteiger partial charge in [0.25, 0.3) is 5.91 Å². The summed E-state index contributed by atoms with van der Waals surface area (Å²) in [6, 6.07) is 6.86. The largest absolute Gasteiger partial charge is 0.366 e. The summed E-state index contributed by atoms with van der Waals surface area (Å²) >= 11 is 0. The number of aryl methyl sites for hydroxylation is 3. The number of benzene rings is 1. The smallest absolute Gasteiger partial charge is 0.276 e. The number of anilines is 1. The zero-order valence-corrected chi connectivity index (χ0v) is 18.2. The van der Waals surface area contributed by atoms with Crippen molar-refractivity contribution in [3.05, 3.63) is 41.2 Å². The molecule has 0 saturated heterocycles. The molecule has 5 N–H and O–H groups in total. The molecule has 9 nitrogen and oxygen atoms in total. The fourth-order valence-corrected chi connectivity index (χ4v) is 3.24. The van der Waals surface area contributed by atoms with Crippen molar-refractivity contribution < 1.29 is 9.59 Å². The van der Waals surface area contributed by atoms with Crippen LogP contribution >= 0.6 is 12.4 Å². The Morgan fingerprint density at radius 1 is 1.23 bits per heavy atom. The van der Waals surface area contributed by atoms with Crippen LogP contribution < -0.4 is 16.8 Å². The van der Waals surface area contributed by atoms with Crippen molar-refractivity contribution in [2.24, 2.45) is 11.5 Å². The first-order valence-electron chi connectivity index (χ1n) is 9.75. The van der Waals surface area contributed by atoms with E-state index in [1.807, 2.05) is 25.3 Å². The van der Waals surface area contributed by atoms with Crippen LogP contribution in [0.5, 0.6) is 0 Å². The molecule has 0 spiro atoms. The van der Waals surface area contributed by atoms with E-state index in [2.05, 4.69) is 15.4 Å². The van der Waals surface area contributed by atoms with Crippen LogP contribution in [0.15, 0.2) is 24.3 Å². The van der Waals surface area contributed by atoms with Gasteiger partial charge in [-0.2, -0.15) is 5.10 Å². The van der Waals surface area contributed by atoms with Gasteiger partial charge in [0.05, 0.1) is 16.7 Å². The van der Waals surface area contributed by atoms with Gasteiger partial charge >= 0.3 is 0 Å². The molecule has 10 heteroatoms. The first-order valence-corrected chi connectivity index (χ1v) is 9.75. The number of fused-ring (bicyclic) bond motifs is 1. The van der Waals surface area contributed by atoms with Gasteiger partial charge in [0.2, 0.25) is 11.9 Å². The second-order valence-electron chi connectivity index (χ2n) is 7.05. The molecule has 1 aromatic carbocycles. The Kier molecular flexibility index (Phi) is 7.58. The molecule has 0 aliphatic heterocycles. The van der Waals surface area contributed by atoms with E-state index in [1.165, 1.54) is 0 Å². The normalized spacial score (nSPS) is 11.9. The Bertz CT molecular complexity index is 1060. The summed E-state index contributed by atoms with van der Waals surface area (Å²) in [7, 11) is 0. The number of primary amides is 1. The second kappa shape index (κ2) is 9.73. The van der Waals surface area contributed by atoms with Crippen LogP contribution in [0, 0.1) is 6.92 Å². The number of carbonyl (C=O) groups excluding carboxylic acids is 2. The highest BCUT2D eigenvalue weighted by Gasteiger charge is 2.19. The fourth-order valence-electron chi connectivity index (χ4n) is 3.24.